The second-order valence-corrected chi connectivity index (χ2v) is 6.58. The van der Waals surface area contributed by atoms with Crippen LogP contribution < -0.4 is 16.4 Å². The maximum Gasteiger partial charge on any atom is 0.219 e. The molecule has 0 saturated carbocycles. The van der Waals surface area contributed by atoms with Gasteiger partial charge in [-0.05, 0) is 20.9 Å². The van der Waals surface area contributed by atoms with E-state index in [9.17, 15) is 8.78 Å². The highest BCUT2D eigenvalue weighted by molar-refractivity contribution is 5.78. The lowest BCUT2D eigenvalue weighted by Crippen LogP contribution is -2.55. The Morgan fingerprint density at radius 1 is 1.08 bits per heavy atom. The zero-order valence-corrected chi connectivity index (χ0v) is 14.5. The third-order valence-corrected chi connectivity index (χ3v) is 4.90. The van der Waals surface area contributed by atoms with Crippen molar-refractivity contribution >= 4 is 17.3 Å². The number of anilines is 3. The minimum absolute atomic E-state index is 0.0366. The van der Waals surface area contributed by atoms with E-state index in [0.29, 0.717) is 18.8 Å². The highest BCUT2D eigenvalue weighted by Gasteiger charge is 2.29. The van der Waals surface area contributed by atoms with Gasteiger partial charge in [-0.25, -0.2) is 18.7 Å². The third kappa shape index (κ3) is 3.09. The van der Waals surface area contributed by atoms with Crippen LogP contribution in [-0.4, -0.2) is 47.1 Å². The van der Waals surface area contributed by atoms with E-state index >= 15 is 0 Å². The van der Waals surface area contributed by atoms with Crippen LogP contribution in [0.2, 0.25) is 0 Å². The summed E-state index contributed by atoms with van der Waals surface area (Å²) in [5.74, 6) is -1.47. The molecule has 0 bridgehead atoms. The van der Waals surface area contributed by atoms with Gasteiger partial charge in [-0.1, -0.05) is 0 Å². The van der Waals surface area contributed by atoms with Crippen LogP contribution in [0.5, 0.6) is 0 Å². The van der Waals surface area contributed by atoms with Crippen LogP contribution in [-0.2, 0) is 0 Å². The monoisotopic (exact) mass is 348 g/mol. The lowest BCUT2D eigenvalue weighted by atomic mass is 10.0. The molecule has 3 rings (SSSR count). The summed E-state index contributed by atoms with van der Waals surface area (Å²) in [5, 5.41) is 0. The van der Waals surface area contributed by atoms with Crippen molar-refractivity contribution in [3.63, 3.8) is 0 Å². The number of benzene rings is 1. The van der Waals surface area contributed by atoms with E-state index in [4.69, 9.17) is 11.5 Å². The van der Waals surface area contributed by atoms with Gasteiger partial charge in [0.15, 0.2) is 5.82 Å². The van der Waals surface area contributed by atoms with Gasteiger partial charge >= 0.3 is 0 Å². The predicted octanol–water partition coefficient (Wildman–Crippen LogP) is 2.11. The number of piperazine rings is 1. The molecule has 2 aromatic rings. The first kappa shape index (κ1) is 17.3. The number of hydrogen-bond acceptors (Lipinski definition) is 6. The fourth-order valence-corrected chi connectivity index (χ4v) is 3.22. The van der Waals surface area contributed by atoms with Gasteiger partial charge in [-0.2, -0.15) is 0 Å². The van der Waals surface area contributed by atoms with Crippen molar-refractivity contribution in [1.82, 2.24) is 14.9 Å². The maximum atomic E-state index is 14.8. The predicted molar refractivity (Wildman–Crippen MR) is 95.1 cm³/mol. The zero-order chi connectivity index (χ0) is 18.3. The van der Waals surface area contributed by atoms with E-state index in [-0.39, 0.29) is 34.8 Å². The van der Waals surface area contributed by atoms with E-state index in [1.807, 2.05) is 11.9 Å². The minimum atomic E-state index is -0.803. The van der Waals surface area contributed by atoms with Crippen LogP contribution >= 0.6 is 0 Å². The summed E-state index contributed by atoms with van der Waals surface area (Å²) in [4.78, 5) is 11.7. The van der Waals surface area contributed by atoms with E-state index in [1.165, 1.54) is 18.5 Å². The summed E-state index contributed by atoms with van der Waals surface area (Å²) in [6.45, 7) is 5.44. The van der Waals surface area contributed by atoms with Gasteiger partial charge in [0.2, 0.25) is 5.95 Å². The molecule has 0 spiro atoms. The molecule has 1 fully saturated rings. The summed E-state index contributed by atoms with van der Waals surface area (Å²) >= 11 is 0. The Bertz CT molecular complexity index is 768. The molecular formula is C17H22F2N6. The SMILES string of the molecule is C[C@@H]1CN(c2cc(F)c(-c3cnc(N)nc3)c(F)c2N)C[C@H](C)N1C. The number of nitrogen functional groups attached to an aromatic ring is 2. The maximum absolute atomic E-state index is 14.8. The van der Waals surface area contributed by atoms with Crippen molar-refractivity contribution in [1.29, 1.82) is 0 Å². The first-order valence-electron chi connectivity index (χ1n) is 8.11. The van der Waals surface area contributed by atoms with Crippen LogP contribution in [0, 0.1) is 11.6 Å². The van der Waals surface area contributed by atoms with Crippen LogP contribution in [0.1, 0.15) is 13.8 Å². The van der Waals surface area contributed by atoms with Gasteiger partial charge in [-0.3, -0.25) is 4.90 Å². The molecule has 2 heterocycles. The highest BCUT2D eigenvalue weighted by Crippen LogP contribution is 2.37. The molecule has 1 aliphatic heterocycles. The second-order valence-electron chi connectivity index (χ2n) is 6.58. The summed E-state index contributed by atoms with van der Waals surface area (Å²) in [5.41, 5.74) is 11.7. The summed E-state index contributed by atoms with van der Waals surface area (Å²) in [7, 11) is 2.04. The molecule has 1 aliphatic rings. The van der Waals surface area contributed by atoms with Crippen molar-refractivity contribution in [3.8, 4) is 11.1 Å². The molecule has 1 aromatic heterocycles. The lowest BCUT2D eigenvalue weighted by molar-refractivity contribution is 0.170. The Morgan fingerprint density at radius 2 is 1.64 bits per heavy atom. The van der Waals surface area contributed by atoms with Crippen molar-refractivity contribution in [2.24, 2.45) is 0 Å². The molecule has 2 atom stereocenters. The average molecular weight is 348 g/mol. The summed E-state index contributed by atoms with van der Waals surface area (Å²) in [6.07, 6.45) is 2.56. The Kier molecular flexibility index (Phi) is 4.47. The molecule has 0 amide bonds. The Labute approximate surface area is 145 Å². The number of nitrogens with zero attached hydrogens (tertiary/aromatic N) is 4. The van der Waals surface area contributed by atoms with E-state index < -0.39 is 11.6 Å². The normalized spacial score (nSPS) is 21.6. The molecule has 0 aliphatic carbocycles. The molecule has 134 valence electrons. The van der Waals surface area contributed by atoms with Crippen molar-refractivity contribution in [2.45, 2.75) is 25.9 Å². The number of likely N-dealkylation sites (N-methyl/N-ethyl adjacent to an activating group) is 1. The summed E-state index contributed by atoms with van der Waals surface area (Å²) < 4.78 is 29.5. The fourth-order valence-electron chi connectivity index (χ4n) is 3.22. The van der Waals surface area contributed by atoms with Gasteiger partial charge in [0.25, 0.3) is 0 Å². The number of rotatable bonds is 2. The minimum Gasteiger partial charge on any atom is -0.395 e. The van der Waals surface area contributed by atoms with Crippen molar-refractivity contribution < 1.29 is 8.78 Å². The van der Waals surface area contributed by atoms with Crippen LogP contribution in [0.3, 0.4) is 0 Å². The summed E-state index contributed by atoms with van der Waals surface area (Å²) in [6, 6.07) is 1.79. The Morgan fingerprint density at radius 3 is 2.20 bits per heavy atom. The Balaban J connectivity index is 2.02. The molecular weight excluding hydrogens is 326 g/mol. The molecule has 6 nitrogen and oxygen atoms in total. The molecule has 1 aromatic carbocycles. The Hall–Kier alpha value is -2.48. The highest BCUT2D eigenvalue weighted by atomic mass is 19.1. The zero-order valence-electron chi connectivity index (χ0n) is 14.5. The number of aromatic nitrogens is 2. The van der Waals surface area contributed by atoms with Gasteiger partial charge in [0.05, 0.1) is 16.9 Å². The number of hydrogen-bond donors (Lipinski definition) is 2. The molecule has 25 heavy (non-hydrogen) atoms. The van der Waals surface area contributed by atoms with Crippen molar-refractivity contribution in [3.05, 3.63) is 30.1 Å². The van der Waals surface area contributed by atoms with Crippen LogP contribution in [0.15, 0.2) is 18.5 Å². The molecule has 4 N–H and O–H groups in total. The van der Waals surface area contributed by atoms with Crippen LogP contribution in [0.25, 0.3) is 11.1 Å². The topological polar surface area (TPSA) is 84.3 Å². The smallest absolute Gasteiger partial charge is 0.219 e. The first-order valence-corrected chi connectivity index (χ1v) is 8.11. The van der Waals surface area contributed by atoms with E-state index in [0.717, 1.165) is 0 Å². The van der Waals surface area contributed by atoms with Gasteiger partial charge in [0.1, 0.15) is 5.82 Å². The standard InChI is InChI=1S/C17H22F2N6/c1-9-7-25(8-10(2)24(9)3)13-4-12(18)14(15(19)16(13)20)11-5-22-17(21)23-6-11/h4-6,9-10H,7-8,20H2,1-3H3,(H2,21,22,23)/t9-,10+. The van der Waals surface area contributed by atoms with Crippen LogP contribution in [0.4, 0.5) is 26.1 Å². The average Bonchev–Trinajstić information content (AvgIpc) is 2.57. The second kappa shape index (κ2) is 6.44. The van der Waals surface area contributed by atoms with Crippen molar-refractivity contribution in [2.75, 3.05) is 36.5 Å². The largest absolute Gasteiger partial charge is 0.395 e. The van der Waals surface area contributed by atoms with E-state index in [1.54, 1.807) is 0 Å². The van der Waals surface area contributed by atoms with Gasteiger partial charge in [0, 0.05) is 49.2 Å². The number of halogens is 2. The fraction of sp³-hybridized carbons (Fsp3) is 0.412. The van der Waals surface area contributed by atoms with Gasteiger partial charge in [-0.15, -0.1) is 0 Å². The molecule has 0 radical (unpaired) electrons. The lowest BCUT2D eigenvalue weighted by Gasteiger charge is -2.43. The van der Waals surface area contributed by atoms with Gasteiger partial charge < -0.3 is 16.4 Å². The molecule has 1 saturated heterocycles. The molecule has 0 unspecified atom stereocenters. The molecule has 8 heteroatoms. The first-order chi connectivity index (χ1) is 11.8. The van der Waals surface area contributed by atoms with E-state index in [2.05, 4.69) is 28.7 Å². The third-order valence-electron chi connectivity index (χ3n) is 4.90. The quantitative estimate of drug-likeness (QED) is 0.809. The number of nitrogens with two attached hydrogens (primary N) is 2.